The summed E-state index contributed by atoms with van der Waals surface area (Å²) < 4.78 is 13.5. The van der Waals surface area contributed by atoms with Gasteiger partial charge < -0.3 is 9.80 Å². The summed E-state index contributed by atoms with van der Waals surface area (Å²) in [5, 5.41) is 2.34. The highest BCUT2D eigenvalue weighted by molar-refractivity contribution is 7.11. The number of halogens is 1. The standard InChI is InChI=1S/C25H25FN4O2S/c1-17-13-19(26)5-6-22(17)18-3-2-4-20(14-18)30-16-21(15-23(30)31)28-8-10-29(11-9-28)25(32)24-27-7-12-33-24/h2-7,12-14,21H,8-11,15-16H2,1H3. The minimum atomic E-state index is -0.251. The highest BCUT2D eigenvalue weighted by Crippen LogP contribution is 2.31. The van der Waals surface area contributed by atoms with Gasteiger partial charge in [-0.3, -0.25) is 14.5 Å². The summed E-state index contributed by atoms with van der Waals surface area (Å²) in [7, 11) is 0. The molecule has 2 aliphatic rings. The Kier molecular flexibility index (Phi) is 5.95. The number of hydrogen-bond donors (Lipinski definition) is 0. The van der Waals surface area contributed by atoms with E-state index in [2.05, 4.69) is 9.88 Å². The van der Waals surface area contributed by atoms with E-state index < -0.39 is 0 Å². The SMILES string of the molecule is Cc1cc(F)ccc1-c1cccc(N2CC(N3CCN(C(=O)c4nccs4)CC3)CC2=O)c1. The number of piperazine rings is 1. The normalized spacial score (nSPS) is 19.3. The minimum Gasteiger partial charge on any atom is -0.334 e. The van der Waals surface area contributed by atoms with Crippen molar-refractivity contribution in [1.29, 1.82) is 0 Å². The van der Waals surface area contributed by atoms with Crippen LogP contribution in [-0.2, 0) is 4.79 Å². The molecule has 0 spiro atoms. The monoisotopic (exact) mass is 464 g/mol. The van der Waals surface area contributed by atoms with Gasteiger partial charge >= 0.3 is 0 Å². The Balaban J connectivity index is 1.25. The van der Waals surface area contributed by atoms with E-state index >= 15 is 0 Å². The molecule has 0 bridgehead atoms. The number of aromatic nitrogens is 1. The second-order valence-electron chi connectivity index (χ2n) is 8.54. The van der Waals surface area contributed by atoms with Crippen LogP contribution in [0.1, 0.15) is 21.8 Å². The second kappa shape index (κ2) is 9.03. The Hall–Kier alpha value is -3.10. The number of carbonyl (C=O) groups excluding carboxylic acids is 2. The average molecular weight is 465 g/mol. The molecule has 2 aliphatic heterocycles. The molecular weight excluding hydrogens is 439 g/mol. The first-order valence-electron chi connectivity index (χ1n) is 11.1. The predicted molar refractivity (Wildman–Crippen MR) is 127 cm³/mol. The van der Waals surface area contributed by atoms with E-state index in [1.54, 1.807) is 12.3 Å². The van der Waals surface area contributed by atoms with Crippen molar-refractivity contribution in [1.82, 2.24) is 14.8 Å². The summed E-state index contributed by atoms with van der Waals surface area (Å²) >= 11 is 1.36. The maximum atomic E-state index is 13.5. The number of benzene rings is 2. The van der Waals surface area contributed by atoms with Crippen molar-refractivity contribution in [3.8, 4) is 11.1 Å². The average Bonchev–Trinajstić information content (AvgIpc) is 3.49. The lowest BCUT2D eigenvalue weighted by Crippen LogP contribution is -2.52. The van der Waals surface area contributed by atoms with E-state index in [9.17, 15) is 14.0 Å². The summed E-state index contributed by atoms with van der Waals surface area (Å²) in [4.78, 5) is 35.6. The van der Waals surface area contributed by atoms with Crippen LogP contribution in [0.2, 0.25) is 0 Å². The molecule has 0 N–H and O–H groups in total. The summed E-state index contributed by atoms with van der Waals surface area (Å²) in [6, 6.07) is 12.8. The number of rotatable bonds is 4. The highest BCUT2D eigenvalue weighted by atomic mass is 32.1. The van der Waals surface area contributed by atoms with Crippen LogP contribution in [0.15, 0.2) is 54.0 Å². The van der Waals surface area contributed by atoms with Crippen LogP contribution >= 0.6 is 11.3 Å². The summed E-state index contributed by atoms with van der Waals surface area (Å²) in [5.74, 6) is -0.158. The van der Waals surface area contributed by atoms with Gasteiger partial charge in [0.15, 0.2) is 5.01 Å². The van der Waals surface area contributed by atoms with E-state index in [0.29, 0.717) is 31.1 Å². The number of amides is 2. The van der Waals surface area contributed by atoms with Gasteiger partial charge in [-0.2, -0.15) is 0 Å². The van der Waals surface area contributed by atoms with Gasteiger partial charge in [-0.25, -0.2) is 9.37 Å². The number of thiazole rings is 1. The van der Waals surface area contributed by atoms with Gasteiger partial charge in [0.1, 0.15) is 5.82 Å². The number of carbonyl (C=O) groups is 2. The third-order valence-corrected chi connectivity index (χ3v) is 7.26. The summed E-state index contributed by atoms with van der Waals surface area (Å²) in [6.45, 7) is 5.30. The van der Waals surface area contributed by atoms with Crippen molar-refractivity contribution in [2.45, 2.75) is 19.4 Å². The molecule has 2 aromatic carbocycles. The van der Waals surface area contributed by atoms with Crippen LogP contribution in [0.25, 0.3) is 11.1 Å². The molecule has 1 aromatic heterocycles. The number of aryl methyl sites for hydroxylation is 1. The van der Waals surface area contributed by atoms with Crippen LogP contribution in [0, 0.1) is 12.7 Å². The lowest BCUT2D eigenvalue weighted by Gasteiger charge is -2.37. The van der Waals surface area contributed by atoms with Crippen molar-refractivity contribution in [2.75, 3.05) is 37.6 Å². The Bertz CT molecular complexity index is 1170. The molecule has 6 nitrogen and oxygen atoms in total. The Morgan fingerprint density at radius 1 is 1.12 bits per heavy atom. The van der Waals surface area contributed by atoms with Gasteiger partial charge in [-0.05, 0) is 47.9 Å². The molecule has 1 unspecified atom stereocenters. The fourth-order valence-electron chi connectivity index (χ4n) is 4.73. The molecular formula is C25H25FN4O2S. The van der Waals surface area contributed by atoms with Crippen molar-refractivity contribution in [3.05, 3.63) is 70.4 Å². The van der Waals surface area contributed by atoms with Gasteiger partial charge in [0.25, 0.3) is 5.91 Å². The fourth-order valence-corrected chi connectivity index (χ4v) is 5.33. The molecule has 1 atom stereocenters. The Morgan fingerprint density at radius 3 is 2.67 bits per heavy atom. The van der Waals surface area contributed by atoms with Crippen LogP contribution in [-0.4, -0.2) is 65.4 Å². The molecule has 2 saturated heterocycles. The molecule has 0 saturated carbocycles. The maximum Gasteiger partial charge on any atom is 0.282 e. The molecule has 33 heavy (non-hydrogen) atoms. The topological polar surface area (TPSA) is 56.8 Å². The summed E-state index contributed by atoms with van der Waals surface area (Å²) in [6.07, 6.45) is 2.12. The first kappa shape index (κ1) is 21.7. The Labute approximate surface area is 196 Å². The smallest absolute Gasteiger partial charge is 0.282 e. The molecule has 2 amide bonds. The lowest BCUT2D eigenvalue weighted by molar-refractivity contribution is -0.117. The van der Waals surface area contributed by atoms with Crippen LogP contribution in [0.3, 0.4) is 0 Å². The van der Waals surface area contributed by atoms with E-state index in [1.807, 2.05) is 46.4 Å². The Morgan fingerprint density at radius 2 is 1.94 bits per heavy atom. The predicted octanol–water partition coefficient (Wildman–Crippen LogP) is 3.82. The first-order chi connectivity index (χ1) is 16.0. The van der Waals surface area contributed by atoms with Crippen molar-refractivity contribution in [2.24, 2.45) is 0 Å². The minimum absolute atomic E-state index is 0.0123. The van der Waals surface area contributed by atoms with Gasteiger partial charge in [0, 0.05) is 62.5 Å². The van der Waals surface area contributed by atoms with Gasteiger partial charge in [-0.15, -0.1) is 11.3 Å². The molecule has 3 aromatic rings. The van der Waals surface area contributed by atoms with Crippen LogP contribution < -0.4 is 4.90 Å². The molecule has 0 radical (unpaired) electrons. The number of anilines is 1. The fraction of sp³-hybridized carbons (Fsp3) is 0.320. The van der Waals surface area contributed by atoms with Gasteiger partial charge in [0.2, 0.25) is 5.91 Å². The number of nitrogens with zero attached hydrogens (tertiary/aromatic N) is 4. The zero-order chi connectivity index (χ0) is 22.9. The molecule has 2 fully saturated rings. The zero-order valence-electron chi connectivity index (χ0n) is 18.4. The van der Waals surface area contributed by atoms with E-state index in [4.69, 9.17) is 0 Å². The maximum absolute atomic E-state index is 13.5. The molecule has 3 heterocycles. The summed E-state index contributed by atoms with van der Waals surface area (Å²) in [5.41, 5.74) is 3.65. The molecule has 0 aliphatic carbocycles. The number of hydrogen-bond acceptors (Lipinski definition) is 5. The van der Waals surface area contributed by atoms with Crippen molar-refractivity contribution in [3.63, 3.8) is 0 Å². The van der Waals surface area contributed by atoms with Crippen LogP contribution in [0.4, 0.5) is 10.1 Å². The van der Waals surface area contributed by atoms with Gasteiger partial charge in [0.05, 0.1) is 0 Å². The van der Waals surface area contributed by atoms with E-state index in [-0.39, 0.29) is 23.7 Å². The third kappa shape index (κ3) is 4.41. The molecule has 8 heteroatoms. The second-order valence-corrected chi connectivity index (χ2v) is 9.43. The highest BCUT2D eigenvalue weighted by Gasteiger charge is 2.36. The van der Waals surface area contributed by atoms with Crippen molar-refractivity contribution >= 4 is 28.8 Å². The van der Waals surface area contributed by atoms with E-state index in [0.717, 1.165) is 35.5 Å². The largest absolute Gasteiger partial charge is 0.334 e. The lowest BCUT2D eigenvalue weighted by atomic mass is 10.00. The van der Waals surface area contributed by atoms with E-state index in [1.165, 1.54) is 23.5 Å². The van der Waals surface area contributed by atoms with Gasteiger partial charge in [-0.1, -0.05) is 18.2 Å². The first-order valence-corrected chi connectivity index (χ1v) is 12.0. The van der Waals surface area contributed by atoms with Crippen LogP contribution in [0.5, 0.6) is 0 Å². The third-order valence-electron chi connectivity index (χ3n) is 6.50. The quantitative estimate of drug-likeness (QED) is 0.589. The molecule has 5 rings (SSSR count). The zero-order valence-corrected chi connectivity index (χ0v) is 19.2. The molecule has 170 valence electrons. The van der Waals surface area contributed by atoms with Crippen molar-refractivity contribution < 1.29 is 14.0 Å².